The van der Waals surface area contributed by atoms with E-state index in [-0.39, 0.29) is 18.9 Å². The molecule has 12 heteroatoms. The van der Waals surface area contributed by atoms with Gasteiger partial charge in [-0.1, -0.05) is 13.8 Å². The van der Waals surface area contributed by atoms with Crippen LogP contribution in [0.2, 0.25) is 0 Å². The Morgan fingerprint density at radius 3 is 2.44 bits per heavy atom. The number of phosphoric acid groups is 1. The van der Waals surface area contributed by atoms with Crippen molar-refractivity contribution in [1.29, 1.82) is 0 Å². The zero-order valence-electron chi connectivity index (χ0n) is 14.4. The summed E-state index contributed by atoms with van der Waals surface area (Å²) in [5, 5.41) is 15.1. The number of nitrogens with two attached hydrogens (primary N) is 1. The number of hydrogen-bond donors (Lipinski definition) is 6. The minimum Gasteiger partial charge on any atom is -0.383 e. The first kappa shape index (κ1) is 24.3. The second-order valence-corrected chi connectivity index (χ2v) is 8.41. The minimum atomic E-state index is -4.69. The van der Waals surface area contributed by atoms with E-state index < -0.39 is 31.9 Å². The average molecular weight is 401 g/mol. The van der Waals surface area contributed by atoms with Gasteiger partial charge in [0.25, 0.3) is 0 Å². The van der Waals surface area contributed by atoms with Crippen LogP contribution in [0.5, 0.6) is 0 Å². The quantitative estimate of drug-likeness (QED) is 0.164. The summed E-state index contributed by atoms with van der Waals surface area (Å²) in [6.45, 7) is 3.48. The van der Waals surface area contributed by atoms with Crippen LogP contribution < -0.4 is 16.4 Å². The first-order valence-electron chi connectivity index (χ1n) is 7.70. The number of aliphatic hydroxyl groups is 1. The van der Waals surface area contributed by atoms with Crippen LogP contribution >= 0.6 is 19.6 Å². The Morgan fingerprint density at radius 1 is 1.24 bits per heavy atom. The lowest BCUT2D eigenvalue weighted by atomic mass is 9.87. The van der Waals surface area contributed by atoms with Gasteiger partial charge in [0.2, 0.25) is 11.8 Å². The van der Waals surface area contributed by atoms with E-state index in [4.69, 9.17) is 15.5 Å². The van der Waals surface area contributed by atoms with Gasteiger partial charge < -0.3 is 31.3 Å². The van der Waals surface area contributed by atoms with Gasteiger partial charge in [0.15, 0.2) is 0 Å². The van der Waals surface area contributed by atoms with Crippen LogP contribution in [0.1, 0.15) is 20.3 Å². The van der Waals surface area contributed by atoms with Crippen LogP contribution in [-0.4, -0.2) is 70.6 Å². The fourth-order valence-electron chi connectivity index (χ4n) is 1.62. The van der Waals surface area contributed by atoms with Crippen LogP contribution in [-0.2, 0) is 18.7 Å². The van der Waals surface area contributed by atoms with Gasteiger partial charge in [0.1, 0.15) is 6.10 Å². The summed E-state index contributed by atoms with van der Waals surface area (Å²) in [6, 6.07) is 0. The smallest absolute Gasteiger partial charge is 0.383 e. The molecule has 25 heavy (non-hydrogen) atoms. The van der Waals surface area contributed by atoms with Gasteiger partial charge in [-0.2, -0.15) is 11.8 Å². The third kappa shape index (κ3) is 12.3. The van der Waals surface area contributed by atoms with Crippen LogP contribution in [0.4, 0.5) is 0 Å². The molecule has 0 aromatic heterocycles. The molecule has 1 atom stereocenters. The van der Waals surface area contributed by atoms with E-state index in [2.05, 4.69) is 15.2 Å². The lowest BCUT2D eigenvalue weighted by molar-refractivity contribution is -0.137. The maximum Gasteiger partial charge on any atom is 0.469 e. The Balaban J connectivity index is 4.07. The van der Waals surface area contributed by atoms with Gasteiger partial charge in [-0.3, -0.25) is 14.1 Å². The molecule has 148 valence electrons. The third-order valence-electron chi connectivity index (χ3n) is 3.08. The number of nitrogens with one attached hydrogen (secondary N) is 2. The Hall–Kier alpha value is -0.680. The molecule has 0 aromatic carbocycles. The molecule has 0 fully saturated rings. The van der Waals surface area contributed by atoms with E-state index in [9.17, 15) is 19.3 Å². The van der Waals surface area contributed by atoms with Crippen molar-refractivity contribution in [1.82, 2.24) is 10.6 Å². The Kier molecular flexibility index (Phi) is 11.5. The van der Waals surface area contributed by atoms with E-state index in [1.807, 2.05) is 0 Å². The van der Waals surface area contributed by atoms with Gasteiger partial charge in [-0.05, 0) is 0 Å². The first-order chi connectivity index (χ1) is 11.5. The second kappa shape index (κ2) is 11.8. The average Bonchev–Trinajstić information content (AvgIpc) is 2.51. The molecule has 0 aliphatic carbocycles. The SMILES string of the molecule is CC(C)(COP(=O)(O)O)[C@@H](O)C(=O)NCCC(=O)NCCSCCN. The van der Waals surface area contributed by atoms with Crippen molar-refractivity contribution in [2.24, 2.45) is 11.1 Å². The molecule has 0 aromatic rings. The maximum absolute atomic E-state index is 11.9. The molecule has 0 heterocycles. The van der Waals surface area contributed by atoms with Crippen LogP contribution in [0.15, 0.2) is 0 Å². The number of phosphoric ester groups is 1. The highest BCUT2D eigenvalue weighted by molar-refractivity contribution is 7.99. The maximum atomic E-state index is 11.9. The molecule has 0 aliphatic rings. The number of aliphatic hydroxyl groups excluding tert-OH is 1. The van der Waals surface area contributed by atoms with Crippen LogP contribution in [0.3, 0.4) is 0 Å². The highest BCUT2D eigenvalue weighted by Gasteiger charge is 2.35. The minimum absolute atomic E-state index is 0.0348. The molecule has 0 rings (SSSR count). The molecular formula is C13H28N3O7PS. The molecule has 0 saturated heterocycles. The summed E-state index contributed by atoms with van der Waals surface area (Å²) < 4.78 is 15.0. The fourth-order valence-corrected chi connectivity index (χ4v) is 2.73. The third-order valence-corrected chi connectivity index (χ3v) is 4.56. The van der Waals surface area contributed by atoms with E-state index in [1.165, 1.54) is 13.8 Å². The topological polar surface area (TPSA) is 171 Å². The van der Waals surface area contributed by atoms with Crippen molar-refractivity contribution in [3.8, 4) is 0 Å². The lowest BCUT2D eigenvalue weighted by Gasteiger charge is -2.29. The standard InChI is InChI=1S/C13H28N3O7PS/c1-13(2,9-23-24(20,21)22)11(18)12(19)16-5-3-10(17)15-6-8-25-7-4-14/h11,18H,3-9,14H2,1-2H3,(H,15,17)(H,16,19)(H2,20,21,22)/t11-/m0/s1. The normalized spacial score (nSPS) is 13.4. The number of rotatable bonds is 13. The number of carbonyl (C=O) groups excluding carboxylic acids is 2. The number of carbonyl (C=O) groups is 2. The predicted octanol–water partition coefficient (Wildman–Crippen LogP) is -1.20. The Bertz CT molecular complexity index is 473. The largest absolute Gasteiger partial charge is 0.469 e. The van der Waals surface area contributed by atoms with Crippen molar-refractivity contribution < 1.29 is 33.6 Å². The van der Waals surface area contributed by atoms with Gasteiger partial charge in [0, 0.05) is 43.0 Å². The van der Waals surface area contributed by atoms with Crippen LogP contribution in [0, 0.1) is 5.41 Å². The Labute approximate surface area is 151 Å². The summed E-state index contributed by atoms with van der Waals surface area (Å²) >= 11 is 1.63. The fraction of sp³-hybridized carbons (Fsp3) is 0.846. The predicted molar refractivity (Wildman–Crippen MR) is 94.8 cm³/mol. The van der Waals surface area contributed by atoms with Gasteiger partial charge in [0.05, 0.1) is 6.61 Å². The van der Waals surface area contributed by atoms with E-state index in [1.54, 1.807) is 11.8 Å². The van der Waals surface area contributed by atoms with Gasteiger partial charge >= 0.3 is 7.82 Å². The summed E-state index contributed by atoms with van der Waals surface area (Å²) in [6.07, 6.45) is -1.49. The zero-order valence-corrected chi connectivity index (χ0v) is 16.1. The Morgan fingerprint density at radius 2 is 1.88 bits per heavy atom. The molecule has 0 bridgehead atoms. The van der Waals surface area contributed by atoms with Crippen molar-refractivity contribution in [3.63, 3.8) is 0 Å². The van der Waals surface area contributed by atoms with Crippen molar-refractivity contribution in [3.05, 3.63) is 0 Å². The molecule has 0 aliphatic heterocycles. The molecule has 7 N–H and O–H groups in total. The summed E-state index contributed by atoms with van der Waals surface area (Å²) in [5.74, 6) is 0.602. The molecule has 0 saturated carbocycles. The van der Waals surface area contributed by atoms with Gasteiger partial charge in [-0.25, -0.2) is 4.57 Å². The lowest BCUT2D eigenvalue weighted by Crippen LogP contribution is -2.46. The summed E-state index contributed by atoms with van der Waals surface area (Å²) in [5.41, 5.74) is 4.13. The van der Waals surface area contributed by atoms with Crippen molar-refractivity contribution >= 4 is 31.4 Å². The second-order valence-electron chi connectivity index (χ2n) is 5.95. The summed E-state index contributed by atoms with van der Waals surface area (Å²) in [4.78, 5) is 40.8. The van der Waals surface area contributed by atoms with E-state index >= 15 is 0 Å². The molecule has 0 radical (unpaired) electrons. The van der Waals surface area contributed by atoms with E-state index in [0.717, 1.165) is 11.5 Å². The molecular weight excluding hydrogens is 373 g/mol. The molecule has 0 spiro atoms. The van der Waals surface area contributed by atoms with Crippen molar-refractivity contribution in [2.45, 2.75) is 26.4 Å². The van der Waals surface area contributed by atoms with Crippen molar-refractivity contribution in [2.75, 3.05) is 37.7 Å². The first-order valence-corrected chi connectivity index (χ1v) is 10.4. The number of amides is 2. The summed E-state index contributed by atoms with van der Waals surface area (Å²) in [7, 11) is -4.69. The van der Waals surface area contributed by atoms with E-state index in [0.29, 0.717) is 13.1 Å². The molecule has 0 unspecified atom stereocenters. The molecule has 10 nitrogen and oxygen atoms in total. The monoisotopic (exact) mass is 401 g/mol. The highest BCUT2D eigenvalue weighted by atomic mass is 32.2. The zero-order chi connectivity index (χ0) is 19.5. The number of thioether (sulfide) groups is 1. The highest BCUT2D eigenvalue weighted by Crippen LogP contribution is 2.38. The molecule has 2 amide bonds. The number of hydrogen-bond acceptors (Lipinski definition) is 7. The van der Waals surface area contributed by atoms with Gasteiger partial charge in [-0.15, -0.1) is 0 Å². The van der Waals surface area contributed by atoms with Crippen LogP contribution in [0.25, 0.3) is 0 Å².